The third-order valence-corrected chi connectivity index (χ3v) is 7.16. The van der Waals surface area contributed by atoms with Gasteiger partial charge in [0.05, 0.1) is 28.6 Å². The molecule has 4 rings (SSSR count). The molecule has 0 fully saturated rings. The quantitative estimate of drug-likeness (QED) is 0.252. The van der Waals surface area contributed by atoms with Gasteiger partial charge in [-0.3, -0.25) is 9.36 Å². The van der Waals surface area contributed by atoms with E-state index < -0.39 is 5.60 Å². The van der Waals surface area contributed by atoms with E-state index in [9.17, 15) is 10.1 Å². The molecule has 0 bridgehead atoms. The fourth-order valence-corrected chi connectivity index (χ4v) is 4.74. The van der Waals surface area contributed by atoms with Crippen LogP contribution in [0.5, 0.6) is 0 Å². The molecule has 4 aromatic rings. The van der Waals surface area contributed by atoms with Gasteiger partial charge in [0, 0.05) is 25.5 Å². The maximum Gasteiger partial charge on any atom is 0.261 e. The van der Waals surface area contributed by atoms with E-state index >= 15 is 0 Å². The Balaban J connectivity index is 1.75. The van der Waals surface area contributed by atoms with Crippen LogP contribution in [-0.2, 0) is 29.6 Å². The first-order valence-electron chi connectivity index (χ1n) is 13.2. The van der Waals surface area contributed by atoms with Crippen molar-refractivity contribution in [1.82, 2.24) is 9.55 Å². The standard InChI is InChI=1S/C33H35N3O2/c1-6-10-30-29(21-23-13-15-24(16-14-23)28-12-9-8-11-25(28)22-34)32(37)36(31(7-2)35-30)27-19-17-26(18-20-27)33(3,4)38-5/h8-9,11-20H,6-7,10,21H2,1-5H3. The zero-order chi connectivity index (χ0) is 27.3. The van der Waals surface area contributed by atoms with Crippen molar-refractivity contribution in [3.8, 4) is 22.9 Å². The smallest absolute Gasteiger partial charge is 0.261 e. The lowest BCUT2D eigenvalue weighted by Gasteiger charge is -2.24. The van der Waals surface area contributed by atoms with E-state index in [2.05, 4.69) is 13.0 Å². The van der Waals surface area contributed by atoms with E-state index in [0.29, 0.717) is 18.4 Å². The number of nitrogens with zero attached hydrogens (tertiary/aromatic N) is 3. The number of aryl methyl sites for hydroxylation is 2. The van der Waals surface area contributed by atoms with Crippen molar-refractivity contribution in [2.24, 2.45) is 0 Å². The first-order chi connectivity index (χ1) is 18.3. The van der Waals surface area contributed by atoms with Crippen molar-refractivity contribution in [1.29, 1.82) is 5.26 Å². The molecule has 1 aromatic heterocycles. The summed E-state index contributed by atoms with van der Waals surface area (Å²) in [4.78, 5) is 19.0. The van der Waals surface area contributed by atoms with E-state index in [1.165, 1.54) is 0 Å². The van der Waals surface area contributed by atoms with E-state index in [4.69, 9.17) is 9.72 Å². The van der Waals surface area contributed by atoms with Crippen LogP contribution in [0.1, 0.15) is 67.9 Å². The molecule has 0 saturated carbocycles. The molecular weight excluding hydrogens is 470 g/mol. The van der Waals surface area contributed by atoms with Gasteiger partial charge < -0.3 is 4.74 Å². The minimum atomic E-state index is -0.411. The van der Waals surface area contributed by atoms with Crippen LogP contribution >= 0.6 is 0 Å². The molecule has 0 N–H and O–H groups in total. The molecule has 0 unspecified atom stereocenters. The molecule has 0 aliphatic rings. The maximum atomic E-state index is 14.0. The number of methoxy groups -OCH3 is 1. The first-order valence-corrected chi connectivity index (χ1v) is 13.2. The molecule has 0 amide bonds. The summed E-state index contributed by atoms with van der Waals surface area (Å²) in [5.41, 5.74) is 6.60. The molecule has 5 heteroatoms. The summed E-state index contributed by atoms with van der Waals surface area (Å²) < 4.78 is 7.38. The Morgan fingerprint density at radius 3 is 2.26 bits per heavy atom. The van der Waals surface area contributed by atoms with Gasteiger partial charge in [-0.2, -0.15) is 5.26 Å². The van der Waals surface area contributed by atoms with Gasteiger partial charge in [0.25, 0.3) is 5.56 Å². The summed E-state index contributed by atoms with van der Waals surface area (Å²) in [6.45, 7) is 8.19. The second-order valence-corrected chi connectivity index (χ2v) is 9.99. The SMILES string of the molecule is CCCc1nc(CC)n(-c2ccc(C(C)(C)OC)cc2)c(=O)c1Cc1ccc(-c2ccccc2C#N)cc1. The highest BCUT2D eigenvalue weighted by atomic mass is 16.5. The largest absolute Gasteiger partial charge is 0.374 e. The van der Waals surface area contributed by atoms with Crippen LogP contribution < -0.4 is 5.56 Å². The van der Waals surface area contributed by atoms with Gasteiger partial charge >= 0.3 is 0 Å². The third-order valence-electron chi connectivity index (χ3n) is 7.16. The topological polar surface area (TPSA) is 67.9 Å². The molecule has 3 aromatic carbocycles. The maximum absolute atomic E-state index is 14.0. The Morgan fingerprint density at radius 2 is 1.66 bits per heavy atom. The van der Waals surface area contributed by atoms with Crippen molar-refractivity contribution >= 4 is 0 Å². The number of hydrogen-bond acceptors (Lipinski definition) is 4. The minimum Gasteiger partial charge on any atom is -0.374 e. The Bertz CT molecular complexity index is 1510. The second kappa shape index (κ2) is 11.6. The van der Waals surface area contributed by atoms with Gasteiger partial charge in [-0.05, 0) is 60.7 Å². The predicted molar refractivity (Wildman–Crippen MR) is 153 cm³/mol. The fraction of sp³-hybridized carbons (Fsp3) is 0.303. The predicted octanol–water partition coefficient (Wildman–Crippen LogP) is 6.76. The zero-order valence-electron chi connectivity index (χ0n) is 22.9. The minimum absolute atomic E-state index is 0.0158. The molecular formula is C33H35N3O2. The molecule has 0 saturated heterocycles. The first kappa shape index (κ1) is 27.0. The molecule has 194 valence electrons. The van der Waals surface area contributed by atoms with Crippen LogP contribution in [-0.4, -0.2) is 16.7 Å². The molecule has 1 heterocycles. The van der Waals surface area contributed by atoms with Crippen LogP contribution in [0.4, 0.5) is 0 Å². The highest BCUT2D eigenvalue weighted by Gasteiger charge is 2.21. The molecule has 0 aliphatic carbocycles. The summed E-state index contributed by atoms with van der Waals surface area (Å²) >= 11 is 0. The van der Waals surface area contributed by atoms with E-state index in [1.54, 1.807) is 11.7 Å². The van der Waals surface area contributed by atoms with Gasteiger partial charge in [-0.1, -0.05) is 74.9 Å². The Labute approximate surface area is 225 Å². The fourth-order valence-electron chi connectivity index (χ4n) is 4.74. The summed E-state index contributed by atoms with van der Waals surface area (Å²) in [5.74, 6) is 0.768. The Hall–Kier alpha value is -4.01. The van der Waals surface area contributed by atoms with Crippen molar-refractivity contribution in [3.63, 3.8) is 0 Å². The lowest BCUT2D eigenvalue weighted by Crippen LogP contribution is -2.29. The molecule has 0 atom stereocenters. The van der Waals surface area contributed by atoms with Gasteiger partial charge in [0.15, 0.2) is 0 Å². The number of benzene rings is 3. The van der Waals surface area contributed by atoms with E-state index in [0.717, 1.165) is 57.9 Å². The van der Waals surface area contributed by atoms with Crippen LogP contribution in [0.25, 0.3) is 16.8 Å². The molecule has 0 aliphatic heterocycles. The van der Waals surface area contributed by atoms with Gasteiger partial charge in [-0.15, -0.1) is 0 Å². The average molecular weight is 506 g/mol. The van der Waals surface area contributed by atoms with Gasteiger partial charge in [0.2, 0.25) is 0 Å². The number of hydrogen-bond donors (Lipinski definition) is 0. The average Bonchev–Trinajstić information content (AvgIpc) is 2.95. The Morgan fingerprint density at radius 1 is 0.974 bits per heavy atom. The molecule has 0 spiro atoms. The highest BCUT2D eigenvalue weighted by molar-refractivity contribution is 5.70. The zero-order valence-corrected chi connectivity index (χ0v) is 22.9. The molecule has 38 heavy (non-hydrogen) atoms. The molecule has 5 nitrogen and oxygen atoms in total. The normalized spacial score (nSPS) is 11.4. The summed E-state index contributed by atoms with van der Waals surface area (Å²) in [6, 6.07) is 26.0. The Kier molecular flexibility index (Phi) is 8.24. The number of nitriles is 1. The van der Waals surface area contributed by atoms with Crippen LogP contribution in [0.15, 0.2) is 77.6 Å². The summed E-state index contributed by atoms with van der Waals surface area (Å²) in [6.07, 6.45) is 2.83. The van der Waals surface area contributed by atoms with Crippen molar-refractivity contribution < 1.29 is 4.74 Å². The van der Waals surface area contributed by atoms with Crippen LogP contribution in [0, 0.1) is 11.3 Å². The van der Waals surface area contributed by atoms with E-state index in [1.807, 2.05) is 93.6 Å². The van der Waals surface area contributed by atoms with Crippen molar-refractivity contribution in [3.05, 3.63) is 117 Å². The van der Waals surface area contributed by atoms with Gasteiger partial charge in [-0.25, -0.2) is 4.98 Å². The second-order valence-electron chi connectivity index (χ2n) is 9.99. The third kappa shape index (κ3) is 5.46. The van der Waals surface area contributed by atoms with Gasteiger partial charge in [0.1, 0.15) is 5.82 Å². The summed E-state index contributed by atoms with van der Waals surface area (Å²) in [5, 5.41) is 9.47. The lowest BCUT2D eigenvalue weighted by atomic mass is 9.96. The summed E-state index contributed by atoms with van der Waals surface area (Å²) in [7, 11) is 1.70. The monoisotopic (exact) mass is 505 g/mol. The highest BCUT2D eigenvalue weighted by Crippen LogP contribution is 2.26. The number of ether oxygens (including phenoxy) is 1. The van der Waals surface area contributed by atoms with Crippen molar-refractivity contribution in [2.45, 2.75) is 59.0 Å². The lowest BCUT2D eigenvalue weighted by molar-refractivity contribution is 0.0192. The van der Waals surface area contributed by atoms with E-state index in [-0.39, 0.29) is 5.56 Å². The van der Waals surface area contributed by atoms with Crippen LogP contribution in [0.2, 0.25) is 0 Å². The van der Waals surface area contributed by atoms with Crippen LogP contribution in [0.3, 0.4) is 0 Å². The number of rotatable bonds is 9. The van der Waals surface area contributed by atoms with Crippen molar-refractivity contribution in [2.75, 3.05) is 7.11 Å². The molecule has 0 radical (unpaired) electrons. The number of aromatic nitrogens is 2.